The average molecular weight is 288 g/mol. The number of para-hydroxylation sites is 1. The van der Waals surface area contributed by atoms with Crippen molar-refractivity contribution in [3.8, 4) is 0 Å². The van der Waals surface area contributed by atoms with Gasteiger partial charge in [0.15, 0.2) is 0 Å². The number of carbonyl (C=O) groups is 2. The molecule has 2 amide bonds. The van der Waals surface area contributed by atoms with Gasteiger partial charge in [-0.3, -0.25) is 9.59 Å². The Balaban J connectivity index is 2.08. The van der Waals surface area contributed by atoms with Crippen LogP contribution < -0.4 is 16.4 Å². The van der Waals surface area contributed by atoms with Crippen molar-refractivity contribution in [1.82, 2.24) is 15.6 Å². The predicted octanol–water partition coefficient (Wildman–Crippen LogP) is 1.39. The molecule has 0 fully saturated rings. The summed E-state index contributed by atoms with van der Waals surface area (Å²) in [6, 6.07) is 6.59. The van der Waals surface area contributed by atoms with Gasteiger partial charge in [-0.25, -0.2) is 0 Å². The predicted molar refractivity (Wildman–Crippen MR) is 82.9 cm³/mol. The van der Waals surface area contributed by atoms with Crippen molar-refractivity contribution in [3.05, 3.63) is 30.0 Å². The Morgan fingerprint density at radius 1 is 1.38 bits per heavy atom. The van der Waals surface area contributed by atoms with E-state index in [1.54, 1.807) is 19.1 Å². The molecule has 1 unspecified atom stereocenters. The molecule has 0 aliphatic heterocycles. The van der Waals surface area contributed by atoms with E-state index in [9.17, 15) is 9.59 Å². The van der Waals surface area contributed by atoms with Gasteiger partial charge in [-0.2, -0.15) is 0 Å². The third kappa shape index (κ3) is 3.34. The molecule has 112 valence electrons. The summed E-state index contributed by atoms with van der Waals surface area (Å²) in [6.45, 7) is 4.22. The first kappa shape index (κ1) is 14.9. The van der Waals surface area contributed by atoms with Gasteiger partial charge in [0.25, 0.3) is 5.91 Å². The van der Waals surface area contributed by atoms with E-state index in [4.69, 9.17) is 5.73 Å². The third-order valence-electron chi connectivity index (χ3n) is 3.22. The highest BCUT2D eigenvalue weighted by Crippen LogP contribution is 2.20. The number of carbonyl (C=O) groups excluding carboxylic acids is 2. The number of nitrogens with one attached hydrogen (secondary N) is 3. The van der Waals surface area contributed by atoms with Crippen molar-refractivity contribution in [2.24, 2.45) is 0 Å². The molecule has 1 aromatic heterocycles. The van der Waals surface area contributed by atoms with Crippen LogP contribution in [0.25, 0.3) is 10.9 Å². The molecular formula is C15H20N4O2. The summed E-state index contributed by atoms with van der Waals surface area (Å²) in [5, 5.41) is 6.27. The van der Waals surface area contributed by atoms with Gasteiger partial charge in [-0.1, -0.05) is 19.1 Å². The summed E-state index contributed by atoms with van der Waals surface area (Å²) < 4.78 is 0. The van der Waals surface area contributed by atoms with Crippen LogP contribution >= 0.6 is 0 Å². The van der Waals surface area contributed by atoms with Crippen LogP contribution in [0.4, 0.5) is 5.69 Å². The molecule has 0 aliphatic carbocycles. The molecule has 2 rings (SSSR count). The molecule has 0 saturated carbocycles. The van der Waals surface area contributed by atoms with Gasteiger partial charge < -0.3 is 21.4 Å². The van der Waals surface area contributed by atoms with Crippen molar-refractivity contribution in [3.63, 3.8) is 0 Å². The fourth-order valence-electron chi connectivity index (χ4n) is 2.04. The number of aromatic amines is 1. The van der Waals surface area contributed by atoms with Crippen molar-refractivity contribution in [2.75, 3.05) is 12.3 Å². The Morgan fingerprint density at radius 3 is 2.81 bits per heavy atom. The molecule has 1 atom stereocenters. The first-order valence-electron chi connectivity index (χ1n) is 6.98. The summed E-state index contributed by atoms with van der Waals surface area (Å²) in [4.78, 5) is 26.9. The highest BCUT2D eigenvalue weighted by molar-refractivity contribution is 6.02. The number of hydrogen-bond donors (Lipinski definition) is 4. The topological polar surface area (TPSA) is 100 Å². The minimum absolute atomic E-state index is 0.194. The van der Waals surface area contributed by atoms with Crippen molar-refractivity contribution < 1.29 is 9.59 Å². The van der Waals surface area contributed by atoms with Crippen LogP contribution in [-0.4, -0.2) is 29.4 Å². The lowest BCUT2D eigenvalue weighted by molar-refractivity contribution is -0.122. The van der Waals surface area contributed by atoms with Gasteiger partial charge in [-0.15, -0.1) is 0 Å². The van der Waals surface area contributed by atoms with E-state index >= 15 is 0 Å². The number of H-pyrrole nitrogens is 1. The maximum atomic E-state index is 12.2. The van der Waals surface area contributed by atoms with Gasteiger partial charge in [0.2, 0.25) is 5.91 Å². The second-order valence-electron chi connectivity index (χ2n) is 4.98. The fraction of sp³-hybridized carbons (Fsp3) is 0.333. The molecule has 6 heteroatoms. The minimum atomic E-state index is -0.590. The van der Waals surface area contributed by atoms with Gasteiger partial charge in [0, 0.05) is 11.9 Å². The third-order valence-corrected chi connectivity index (χ3v) is 3.22. The lowest BCUT2D eigenvalue weighted by atomic mass is 10.2. The number of fused-ring (bicyclic) bond motifs is 1. The monoisotopic (exact) mass is 288 g/mol. The molecule has 21 heavy (non-hydrogen) atoms. The number of rotatable bonds is 5. The molecule has 1 heterocycles. The number of hydrogen-bond acceptors (Lipinski definition) is 3. The number of benzene rings is 1. The number of nitrogen functional groups attached to an aromatic ring is 1. The lowest BCUT2D eigenvalue weighted by Gasteiger charge is -2.13. The molecule has 0 bridgehead atoms. The SMILES string of the molecule is CCCNC(=O)C(C)NC(=O)c1cc2cccc(N)c2[nH]1. The molecule has 2 aromatic rings. The van der Waals surface area contributed by atoms with Gasteiger partial charge in [0.1, 0.15) is 11.7 Å². The van der Waals surface area contributed by atoms with Crippen molar-refractivity contribution in [1.29, 1.82) is 0 Å². The van der Waals surface area contributed by atoms with Gasteiger partial charge >= 0.3 is 0 Å². The van der Waals surface area contributed by atoms with Gasteiger partial charge in [-0.05, 0) is 25.5 Å². The van der Waals surface area contributed by atoms with Gasteiger partial charge in [0.05, 0.1) is 11.2 Å². The standard InChI is InChI=1S/C15H20N4O2/c1-3-7-17-14(20)9(2)18-15(21)12-8-10-5-4-6-11(16)13(10)19-12/h4-6,8-9,19H,3,7,16H2,1-2H3,(H,17,20)(H,18,21). The number of aromatic nitrogens is 1. The largest absolute Gasteiger partial charge is 0.397 e. The zero-order chi connectivity index (χ0) is 15.4. The van der Waals surface area contributed by atoms with E-state index in [0.29, 0.717) is 17.9 Å². The first-order chi connectivity index (χ1) is 10.0. The lowest BCUT2D eigenvalue weighted by Crippen LogP contribution is -2.45. The first-order valence-corrected chi connectivity index (χ1v) is 6.98. The highest BCUT2D eigenvalue weighted by Gasteiger charge is 2.17. The van der Waals surface area contributed by atoms with E-state index in [1.165, 1.54) is 0 Å². The summed E-state index contributed by atoms with van der Waals surface area (Å²) in [5.74, 6) is -0.523. The van der Waals surface area contributed by atoms with Crippen LogP contribution in [0.3, 0.4) is 0 Å². The molecule has 1 aromatic carbocycles. The summed E-state index contributed by atoms with van der Waals surface area (Å²) >= 11 is 0. The van der Waals surface area contributed by atoms with Crippen LogP contribution in [0.5, 0.6) is 0 Å². The quantitative estimate of drug-likeness (QED) is 0.626. The Labute approximate surface area is 123 Å². The molecular weight excluding hydrogens is 268 g/mol. The molecule has 0 spiro atoms. The van der Waals surface area contributed by atoms with Crippen molar-refractivity contribution >= 4 is 28.4 Å². The van der Waals surface area contributed by atoms with Crippen LogP contribution in [0, 0.1) is 0 Å². The molecule has 5 N–H and O–H groups in total. The molecule has 0 saturated heterocycles. The molecule has 0 aliphatic rings. The highest BCUT2D eigenvalue weighted by atomic mass is 16.2. The summed E-state index contributed by atoms with van der Waals surface area (Å²) in [6.07, 6.45) is 0.855. The molecule has 6 nitrogen and oxygen atoms in total. The van der Waals surface area contributed by atoms with Crippen LogP contribution in [0.1, 0.15) is 30.8 Å². The van der Waals surface area contributed by atoms with Crippen LogP contribution in [-0.2, 0) is 4.79 Å². The number of anilines is 1. The maximum Gasteiger partial charge on any atom is 0.268 e. The Morgan fingerprint density at radius 2 is 2.14 bits per heavy atom. The van der Waals surface area contributed by atoms with Crippen LogP contribution in [0.2, 0.25) is 0 Å². The van der Waals surface area contributed by atoms with E-state index in [-0.39, 0.29) is 11.8 Å². The van der Waals surface area contributed by atoms with Crippen LogP contribution in [0.15, 0.2) is 24.3 Å². The molecule has 0 radical (unpaired) electrons. The summed E-state index contributed by atoms with van der Waals surface area (Å²) in [7, 11) is 0. The Bertz CT molecular complexity index is 663. The zero-order valence-electron chi connectivity index (χ0n) is 12.2. The Kier molecular flexibility index (Phi) is 4.47. The Hall–Kier alpha value is -2.50. The summed E-state index contributed by atoms with van der Waals surface area (Å²) in [5.41, 5.74) is 7.55. The van der Waals surface area contributed by atoms with E-state index in [2.05, 4.69) is 15.6 Å². The van der Waals surface area contributed by atoms with E-state index in [0.717, 1.165) is 17.3 Å². The van der Waals surface area contributed by atoms with E-state index < -0.39 is 6.04 Å². The minimum Gasteiger partial charge on any atom is -0.397 e. The fourth-order valence-corrected chi connectivity index (χ4v) is 2.04. The number of nitrogens with two attached hydrogens (primary N) is 1. The maximum absolute atomic E-state index is 12.2. The average Bonchev–Trinajstić information content (AvgIpc) is 2.90. The zero-order valence-corrected chi connectivity index (χ0v) is 12.2. The normalized spacial score (nSPS) is 12.1. The van der Waals surface area contributed by atoms with E-state index in [1.807, 2.05) is 19.1 Å². The number of amides is 2. The second kappa shape index (κ2) is 6.30. The van der Waals surface area contributed by atoms with Crippen molar-refractivity contribution in [2.45, 2.75) is 26.3 Å². The smallest absolute Gasteiger partial charge is 0.268 e. The second-order valence-corrected chi connectivity index (χ2v) is 4.98.